The molecular formula is C17H23ClO2. The lowest BCUT2D eigenvalue weighted by Crippen LogP contribution is -2.35. The van der Waals surface area contributed by atoms with E-state index in [0.717, 1.165) is 18.4 Å². The maximum Gasteiger partial charge on any atom is 0.166 e. The third-order valence-corrected chi connectivity index (χ3v) is 4.29. The first-order chi connectivity index (χ1) is 9.70. The zero-order chi connectivity index (χ0) is 14.4. The molecule has 0 N–H and O–H groups in total. The first-order valence-corrected chi connectivity index (χ1v) is 7.97. The minimum absolute atomic E-state index is 0.209. The number of carbonyl (C=O) groups excluding carboxylic acids is 1. The summed E-state index contributed by atoms with van der Waals surface area (Å²) >= 11 is 5.87. The van der Waals surface area contributed by atoms with E-state index in [1.165, 1.54) is 19.3 Å². The van der Waals surface area contributed by atoms with Gasteiger partial charge in [-0.05, 0) is 43.4 Å². The second kappa shape index (κ2) is 7.80. The lowest BCUT2D eigenvalue weighted by molar-refractivity contribution is -0.134. The maximum atomic E-state index is 12.5. The number of Topliss-reactive ketones (excluding diaryl/α,β-unsaturated/α-hetero) is 1. The van der Waals surface area contributed by atoms with E-state index in [9.17, 15) is 4.79 Å². The summed E-state index contributed by atoms with van der Waals surface area (Å²) in [5.74, 6) is 0.615. The topological polar surface area (TPSA) is 26.3 Å². The SMILES string of the molecule is CCOC(C(=O)Cc1ccc(Cl)cc1)C1CCCCC1. The van der Waals surface area contributed by atoms with Crippen LogP contribution in [-0.4, -0.2) is 18.5 Å². The molecule has 1 unspecified atom stereocenters. The minimum atomic E-state index is -0.226. The van der Waals surface area contributed by atoms with Gasteiger partial charge in [-0.3, -0.25) is 4.79 Å². The van der Waals surface area contributed by atoms with Crippen LogP contribution in [0.3, 0.4) is 0 Å². The third kappa shape index (κ3) is 4.32. The zero-order valence-corrected chi connectivity index (χ0v) is 12.9. The van der Waals surface area contributed by atoms with E-state index in [4.69, 9.17) is 16.3 Å². The molecule has 0 aliphatic heterocycles. The molecule has 0 bridgehead atoms. The molecule has 0 amide bonds. The summed E-state index contributed by atoms with van der Waals surface area (Å²) in [5, 5.41) is 0.704. The lowest BCUT2D eigenvalue weighted by atomic mass is 9.82. The van der Waals surface area contributed by atoms with Gasteiger partial charge in [0.25, 0.3) is 0 Å². The summed E-state index contributed by atoms with van der Waals surface area (Å²) in [5.41, 5.74) is 1.01. The number of benzene rings is 1. The van der Waals surface area contributed by atoms with Gasteiger partial charge < -0.3 is 4.74 Å². The van der Waals surface area contributed by atoms with Crippen molar-refractivity contribution in [3.05, 3.63) is 34.9 Å². The summed E-state index contributed by atoms with van der Waals surface area (Å²) < 4.78 is 5.76. The van der Waals surface area contributed by atoms with E-state index in [1.54, 1.807) is 0 Å². The van der Waals surface area contributed by atoms with Crippen LogP contribution in [0.5, 0.6) is 0 Å². The van der Waals surface area contributed by atoms with E-state index in [1.807, 2.05) is 31.2 Å². The van der Waals surface area contributed by atoms with Crippen LogP contribution in [0, 0.1) is 5.92 Å². The van der Waals surface area contributed by atoms with Crippen LogP contribution in [0.4, 0.5) is 0 Å². The number of ether oxygens (including phenoxy) is 1. The van der Waals surface area contributed by atoms with Gasteiger partial charge in [-0.2, -0.15) is 0 Å². The van der Waals surface area contributed by atoms with Gasteiger partial charge in [0.1, 0.15) is 6.10 Å². The summed E-state index contributed by atoms with van der Waals surface area (Å²) in [7, 11) is 0. The van der Waals surface area contributed by atoms with Gasteiger partial charge in [0, 0.05) is 18.1 Å². The van der Waals surface area contributed by atoms with E-state index in [2.05, 4.69) is 0 Å². The monoisotopic (exact) mass is 294 g/mol. The Bertz CT molecular complexity index is 421. The molecule has 1 aliphatic carbocycles. The van der Waals surface area contributed by atoms with E-state index < -0.39 is 0 Å². The summed E-state index contributed by atoms with van der Waals surface area (Å²) in [6.07, 6.45) is 6.20. The third-order valence-electron chi connectivity index (χ3n) is 4.03. The molecule has 20 heavy (non-hydrogen) atoms. The highest BCUT2D eigenvalue weighted by Crippen LogP contribution is 2.29. The van der Waals surface area contributed by atoms with Crippen molar-refractivity contribution in [2.24, 2.45) is 5.92 Å². The van der Waals surface area contributed by atoms with Gasteiger partial charge in [-0.1, -0.05) is 43.0 Å². The number of halogens is 1. The Kier molecular flexibility index (Phi) is 6.06. The largest absolute Gasteiger partial charge is 0.370 e. The zero-order valence-electron chi connectivity index (χ0n) is 12.1. The van der Waals surface area contributed by atoms with Crippen molar-refractivity contribution in [2.75, 3.05) is 6.61 Å². The first-order valence-electron chi connectivity index (χ1n) is 7.59. The fourth-order valence-corrected chi connectivity index (χ4v) is 3.14. The Hall–Kier alpha value is -0.860. The van der Waals surface area contributed by atoms with Gasteiger partial charge >= 0.3 is 0 Å². The van der Waals surface area contributed by atoms with E-state index in [0.29, 0.717) is 24.0 Å². The fraction of sp³-hybridized carbons (Fsp3) is 0.588. The molecule has 0 heterocycles. The molecule has 1 saturated carbocycles. The standard InChI is InChI=1S/C17H23ClO2/c1-2-20-17(14-6-4-3-5-7-14)16(19)12-13-8-10-15(18)11-9-13/h8-11,14,17H,2-7,12H2,1H3. The second-order valence-corrected chi connectivity index (χ2v) is 5.98. The van der Waals surface area contributed by atoms with E-state index in [-0.39, 0.29) is 11.9 Å². The van der Waals surface area contributed by atoms with Gasteiger partial charge in [0.2, 0.25) is 0 Å². The van der Waals surface area contributed by atoms with Crippen molar-refractivity contribution in [3.8, 4) is 0 Å². The molecule has 1 aromatic rings. The van der Waals surface area contributed by atoms with Crippen molar-refractivity contribution < 1.29 is 9.53 Å². The van der Waals surface area contributed by atoms with Crippen molar-refractivity contribution in [1.29, 1.82) is 0 Å². The molecule has 0 spiro atoms. The molecule has 2 rings (SSSR count). The maximum absolute atomic E-state index is 12.5. The van der Waals surface area contributed by atoms with Gasteiger partial charge in [-0.25, -0.2) is 0 Å². The van der Waals surface area contributed by atoms with Crippen LogP contribution in [0.1, 0.15) is 44.6 Å². The molecule has 110 valence electrons. The van der Waals surface area contributed by atoms with Crippen LogP contribution < -0.4 is 0 Å². The molecule has 1 fully saturated rings. The van der Waals surface area contributed by atoms with E-state index >= 15 is 0 Å². The van der Waals surface area contributed by atoms with Crippen LogP contribution in [-0.2, 0) is 16.0 Å². The van der Waals surface area contributed by atoms with Crippen molar-refractivity contribution in [2.45, 2.75) is 51.6 Å². The molecular weight excluding hydrogens is 272 g/mol. The summed E-state index contributed by atoms with van der Waals surface area (Å²) in [4.78, 5) is 12.5. The molecule has 1 aromatic carbocycles. The summed E-state index contributed by atoms with van der Waals surface area (Å²) in [6.45, 7) is 2.57. The fourth-order valence-electron chi connectivity index (χ4n) is 3.01. The molecule has 3 heteroatoms. The average molecular weight is 295 g/mol. The highest BCUT2D eigenvalue weighted by Gasteiger charge is 2.29. The molecule has 0 saturated heterocycles. The van der Waals surface area contributed by atoms with Gasteiger partial charge in [0.05, 0.1) is 0 Å². The van der Waals surface area contributed by atoms with Crippen LogP contribution in [0.25, 0.3) is 0 Å². The van der Waals surface area contributed by atoms with Crippen molar-refractivity contribution >= 4 is 17.4 Å². The number of hydrogen-bond donors (Lipinski definition) is 0. The average Bonchev–Trinajstić information content (AvgIpc) is 2.48. The summed E-state index contributed by atoms with van der Waals surface area (Å²) in [6, 6.07) is 7.51. The first kappa shape index (κ1) is 15.5. The number of rotatable bonds is 6. The molecule has 1 atom stereocenters. The highest BCUT2D eigenvalue weighted by molar-refractivity contribution is 6.30. The number of ketones is 1. The van der Waals surface area contributed by atoms with Crippen LogP contribution in [0.2, 0.25) is 5.02 Å². The Morgan fingerprint density at radius 1 is 1.25 bits per heavy atom. The van der Waals surface area contributed by atoms with Gasteiger partial charge in [0.15, 0.2) is 5.78 Å². The van der Waals surface area contributed by atoms with Gasteiger partial charge in [-0.15, -0.1) is 0 Å². The van der Waals surface area contributed by atoms with Crippen molar-refractivity contribution in [1.82, 2.24) is 0 Å². The minimum Gasteiger partial charge on any atom is -0.370 e. The predicted octanol–water partition coefficient (Wildman–Crippen LogP) is 4.44. The van der Waals surface area contributed by atoms with Crippen molar-refractivity contribution in [3.63, 3.8) is 0 Å². The highest BCUT2D eigenvalue weighted by atomic mass is 35.5. The Morgan fingerprint density at radius 3 is 2.50 bits per heavy atom. The predicted molar refractivity (Wildman–Crippen MR) is 82.2 cm³/mol. The lowest BCUT2D eigenvalue weighted by Gasteiger charge is -2.29. The Morgan fingerprint density at radius 2 is 1.90 bits per heavy atom. The Labute approximate surface area is 126 Å². The Balaban J connectivity index is 2.00. The molecule has 0 aromatic heterocycles. The number of carbonyl (C=O) groups is 1. The number of hydrogen-bond acceptors (Lipinski definition) is 2. The van der Waals surface area contributed by atoms with Crippen LogP contribution >= 0.6 is 11.6 Å². The second-order valence-electron chi connectivity index (χ2n) is 5.54. The molecule has 0 radical (unpaired) electrons. The van der Waals surface area contributed by atoms with Crippen LogP contribution in [0.15, 0.2) is 24.3 Å². The molecule has 1 aliphatic rings. The normalized spacial score (nSPS) is 17.9. The smallest absolute Gasteiger partial charge is 0.166 e. The quantitative estimate of drug-likeness (QED) is 0.775. The molecule has 2 nitrogen and oxygen atoms in total.